The average molecular weight is 346 g/mol. The molecular formula is C21H22N4O. The van der Waals surface area contributed by atoms with Gasteiger partial charge in [-0.3, -0.25) is 4.79 Å². The van der Waals surface area contributed by atoms with E-state index in [1.54, 1.807) is 6.33 Å². The third-order valence-corrected chi connectivity index (χ3v) is 5.15. The summed E-state index contributed by atoms with van der Waals surface area (Å²) in [5.74, 6) is 1.12. The minimum absolute atomic E-state index is 0.291. The summed E-state index contributed by atoms with van der Waals surface area (Å²) in [5, 5.41) is 4.20. The molecule has 1 atom stereocenters. The monoisotopic (exact) mass is 346 g/mol. The molecule has 3 aromatic rings. The summed E-state index contributed by atoms with van der Waals surface area (Å²) in [5.41, 5.74) is 4.50. The van der Waals surface area contributed by atoms with Gasteiger partial charge in [0.25, 0.3) is 0 Å². The lowest BCUT2D eigenvalue weighted by Gasteiger charge is -2.31. The second-order valence-electron chi connectivity index (χ2n) is 6.74. The largest absolute Gasteiger partial charge is 0.373 e. The van der Waals surface area contributed by atoms with E-state index in [4.69, 9.17) is 0 Å². The van der Waals surface area contributed by atoms with Crippen molar-refractivity contribution in [3.8, 4) is 11.1 Å². The molecule has 5 nitrogen and oxygen atoms in total. The quantitative estimate of drug-likeness (QED) is 0.732. The minimum atomic E-state index is 0.291. The van der Waals surface area contributed by atoms with E-state index in [1.165, 1.54) is 11.1 Å². The van der Waals surface area contributed by atoms with E-state index in [0.717, 1.165) is 54.6 Å². The summed E-state index contributed by atoms with van der Waals surface area (Å²) < 4.78 is 0. The fourth-order valence-electron chi connectivity index (χ4n) is 3.86. The highest BCUT2D eigenvalue weighted by Crippen LogP contribution is 2.36. The molecule has 2 aromatic carbocycles. The first-order valence-electron chi connectivity index (χ1n) is 9.01. The summed E-state index contributed by atoms with van der Waals surface area (Å²) in [4.78, 5) is 22.1. The van der Waals surface area contributed by atoms with Crippen molar-refractivity contribution in [2.75, 3.05) is 25.5 Å². The van der Waals surface area contributed by atoms with Gasteiger partial charge in [-0.25, -0.2) is 9.97 Å². The molecule has 1 N–H and O–H groups in total. The van der Waals surface area contributed by atoms with Gasteiger partial charge in [0.15, 0.2) is 0 Å². The van der Waals surface area contributed by atoms with Crippen LogP contribution in [-0.2, 0) is 4.79 Å². The molecular weight excluding hydrogens is 324 g/mol. The standard InChI is InChI=1S/C21H22N4O/c1-22-21-19-11-17(15-6-3-2-4-7-15)10-18(20(19)23-13-24-21)16-8-5-9-25(12-16)14-26/h2-4,6-7,10-11,13-14,16H,5,8-9,12H2,1H3,(H,22,23,24). The van der Waals surface area contributed by atoms with Crippen molar-refractivity contribution in [3.63, 3.8) is 0 Å². The van der Waals surface area contributed by atoms with Crippen LogP contribution in [0.1, 0.15) is 24.3 Å². The van der Waals surface area contributed by atoms with Crippen molar-refractivity contribution in [3.05, 3.63) is 54.4 Å². The Bertz CT molecular complexity index is 926. The van der Waals surface area contributed by atoms with Crippen molar-refractivity contribution in [2.24, 2.45) is 0 Å². The zero-order chi connectivity index (χ0) is 17.9. The van der Waals surface area contributed by atoms with E-state index in [1.807, 2.05) is 18.0 Å². The molecule has 0 spiro atoms. The SMILES string of the molecule is CNc1ncnc2c(C3CCCN(C=O)C3)cc(-c3ccccc3)cc12. The van der Waals surface area contributed by atoms with Crippen LogP contribution < -0.4 is 5.32 Å². The number of likely N-dealkylation sites (tertiary alicyclic amines) is 1. The van der Waals surface area contributed by atoms with Gasteiger partial charge in [0.1, 0.15) is 12.1 Å². The fraction of sp³-hybridized carbons (Fsp3) is 0.286. The van der Waals surface area contributed by atoms with E-state index in [0.29, 0.717) is 5.92 Å². The van der Waals surface area contributed by atoms with Crippen molar-refractivity contribution in [2.45, 2.75) is 18.8 Å². The zero-order valence-electron chi connectivity index (χ0n) is 14.9. The number of fused-ring (bicyclic) bond motifs is 1. The predicted molar refractivity (Wildman–Crippen MR) is 104 cm³/mol. The number of nitrogens with zero attached hydrogens (tertiary/aromatic N) is 3. The van der Waals surface area contributed by atoms with Gasteiger partial charge >= 0.3 is 0 Å². The number of hydrogen-bond acceptors (Lipinski definition) is 4. The van der Waals surface area contributed by atoms with Gasteiger partial charge in [0.2, 0.25) is 6.41 Å². The molecule has 0 saturated carbocycles. The Balaban J connectivity index is 1.91. The number of piperidine rings is 1. The lowest BCUT2D eigenvalue weighted by molar-refractivity contribution is -0.119. The van der Waals surface area contributed by atoms with Gasteiger partial charge in [-0.2, -0.15) is 0 Å². The molecule has 1 aromatic heterocycles. The Kier molecular flexibility index (Phi) is 4.52. The summed E-state index contributed by atoms with van der Waals surface area (Å²) in [6, 6.07) is 14.8. The first kappa shape index (κ1) is 16.5. The van der Waals surface area contributed by atoms with E-state index in [-0.39, 0.29) is 0 Å². The average Bonchev–Trinajstić information content (AvgIpc) is 2.73. The molecule has 132 valence electrons. The third kappa shape index (κ3) is 3.01. The van der Waals surface area contributed by atoms with Crippen molar-refractivity contribution >= 4 is 23.1 Å². The summed E-state index contributed by atoms with van der Waals surface area (Å²) >= 11 is 0. The van der Waals surface area contributed by atoms with Crippen molar-refractivity contribution < 1.29 is 4.79 Å². The minimum Gasteiger partial charge on any atom is -0.373 e. The van der Waals surface area contributed by atoms with E-state index >= 15 is 0 Å². The number of hydrogen-bond donors (Lipinski definition) is 1. The summed E-state index contributed by atoms with van der Waals surface area (Å²) in [6.45, 7) is 1.59. The lowest BCUT2D eigenvalue weighted by atomic mass is 9.87. The van der Waals surface area contributed by atoms with Gasteiger partial charge < -0.3 is 10.2 Å². The number of benzene rings is 2. The molecule has 1 amide bonds. The van der Waals surface area contributed by atoms with Crippen LogP contribution in [0.15, 0.2) is 48.8 Å². The molecule has 0 radical (unpaired) electrons. The van der Waals surface area contributed by atoms with Gasteiger partial charge in [-0.1, -0.05) is 30.3 Å². The maximum Gasteiger partial charge on any atom is 0.209 e. The van der Waals surface area contributed by atoms with Crippen LogP contribution in [0.2, 0.25) is 0 Å². The molecule has 1 aliphatic rings. The molecule has 5 heteroatoms. The topological polar surface area (TPSA) is 58.1 Å². The maximum absolute atomic E-state index is 11.3. The van der Waals surface area contributed by atoms with Crippen LogP contribution in [0.25, 0.3) is 22.0 Å². The van der Waals surface area contributed by atoms with Crippen LogP contribution in [0.3, 0.4) is 0 Å². The van der Waals surface area contributed by atoms with Crippen LogP contribution in [0, 0.1) is 0 Å². The maximum atomic E-state index is 11.3. The Morgan fingerprint density at radius 2 is 2.00 bits per heavy atom. The Labute approximate surface area is 153 Å². The van der Waals surface area contributed by atoms with Crippen LogP contribution >= 0.6 is 0 Å². The van der Waals surface area contributed by atoms with E-state index in [2.05, 4.69) is 51.7 Å². The summed E-state index contributed by atoms with van der Waals surface area (Å²) in [6.07, 6.45) is 4.66. The highest BCUT2D eigenvalue weighted by atomic mass is 16.1. The number of amides is 1. The molecule has 4 rings (SSSR count). The van der Waals surface area contributed by atoms with Crippen LogP contribution in [0.5, 0.6) is 0 Å². The van der Waals surface area contributed by atoms with Gasteiger partial charge in [0.05, 0.1) is 5.52 Å². The second kappa shape index (κ2) is 7.12. The second-order valence-corrected chi connectivity index (χ2v) is 6.74. The Hall–Kier alpha value is -2.95. The van der Waals surface area contributed by atoms with Gasteiger partial charge in [0, 0.05) is 31.4 Å². The van der Waals surface area contributed by atoms with E-state index < -0.39 is 0 Å². The van der Waals surface area contributed by atoms with Crippen LogP contribution in [0.4, 0.5) is 5.82 Å². The van der Waals surface area contributed by atoms with Gasteiger partial charge in [-0.05, 0) is 41.7 Å². The number of rotatable bonds is 4. The molecule has 26 heavy (non-hydrogen) atoms. The molecule has 1 saturated heterocycles. The highest BCUT2D eigenvalue weighted by molar-refractivity contribution is 5.95. The number of anilines is 1. The van der Waals surface area contributed by atoms with Gasteiger partial charge in [-0.15, -0.1) is 0 Å². The first-order valence-corrected chi connectivity index (χ1v) is 9.01. The van der Waals surface area contributed by atoms with E-state index in [9.17, 15) is 4.79 Å². The summed E-state index contributed by atoms with van der Waals surface area (Å²) in [7, 11) is 1.88. The molecule has 0 aliphatic carbocycles. The predicted octanol–water partition coefficient (Wildman–Crippen LogP) is 3.67. The number of carbonyl (C=O) groups excluding carboxylic acids is 1. The lowest BCUT2D eigenvalue weighted by Crippen LogP contribution is -2.33. The number of nitrogens with one attached hydrogen (secondary N) is 1. The number of carbonyl (C=O) groups is 1. The van der Waals surface area contributed by atoms with Crippen molar-refractivity contribution in [1.82, 2.24) is 14.9 Å². The smallest absolute Gasteiger partial charge is 0.209 e. The molecule has 1 aliphatic heterocycles. The van der Waals surface area contributed by atoms with Crippen molar-refractivity contribution in [1.29, 1.82) is 0 Å². The fourth-order valence-corrected chi connectivity index (χ4v) is 3.86. The molecule has 1 fully saturated rings. The Morgan fingerprint density at radius 1 is 1.15 bits per heavy atom. The molecule has 0 bridgehead atoms. The van der Waals surface area contributed by atoms with Crippen LogP contribution in [-0.4, -0.2) is 41.4 Å². The first-order chi connectivity index (χ1) is 12.8. The molecule has 2 heterocycles. The highest BCUT2D eigenvalue weighted by Gasteiger charge is 2.24. The molecule has 1 unspecified atom stereocenters. The third-order valence-electron chi connectivity index (χ3n) is 5.15. The Morgan fingerprint density at radius 3 is 2.77 bits per heavy atom. The normalized spacial score (nSPS) is 17.3. The zero-order valence-corrected chi connectivity index (χ0v) is 14.9. The number of aromatic nitrogens is 2.